The van der Waals surface area contributed by atoms with E-state index in [1.807, 2.05) is 0 Å². The molecule has 2 bridgehead atoms. The standard InChI is InChI=1S/C12H22NO2P/c1-9(2)15-16-13-7-10(8-14-16)11-5-3-4-6-12(11)13/h9-12H,3-8H2,1-2H3/t10-,11+,12?,16?/m1/s1. The van der Waals surface area contributed by atoms with Crippen LogP contribution in [0.2, 0.25) is 0 Å². The normalized spacial score (nSPS) is 47.1. The van der Waals surface area contributed by atoms with Crippen molar-refractivity contribution in [2.24, 2.45) is 11.8 Å². The van der Waals surface area contributed by atoms with Crippen LogP contribution in [0.5, 0.6) is 0 Å². The maximum absolute atomic E-state index is 5.94. The Bertz CT molecular complexity index is 261. The highest BCUT2D eigenvalue weighted by atomic mass is 31.2. The summed E-state index contributed by atoms with van der Waals surface area (Å²) in [6.45, 7) is 6.38. The van der Waals surface area contributed by atoms with Crippen LogP contribution in [-0.2, 0) is 9.05 Å². The van der Waals surface area contributed by atoms with E-state index in [0.717, 1.165) is 24.5 Å². The molecule has 3 aliphatic rings. The zero-order chi connectivity index (χ0) is 11.1. The molecule has 0 radical (unpaired) electrons. The number of hydrogen-bond acceptors (Lipinski definition) is 3. The van der Waals surface area contributed by atoms with Gasteiger partial charge in [-0.15, -0.1) is 0 Å². The topological polar surface area (TPSA) is 21.7 Å². The Labute approximate surface area is 99.5 Å². The van der Waals surface area contributed by atoms with E-state index in [4.69, 9.17) is 9.05 Å². The Morgan fingerprint density at radius 1 is 1.31 bits per heavy atom. The average Bonchev–Trinajstić information content (AvgIpc) is 2.58. The fourth-order valence-corrected chi connectivity index (χ4v) is 5.32. The molecule has 0 aromatic rings. The molecule has 0 spiro atoms. The number of hydrogen-bond donors (Lipinski definition) is 0. The van der Waals surface area contributed by atoms with Gasteiger partial charge >= 0.3 is 0 Å². The van der Waals surface area contributed by atoms with Gasteiger partial charge in [0, 0.05) is 18.5 Å². The summed E-state index contributed by atoms with van der Waals surface area (Å²) in [5, 5.41) is 0. The van der Waals surface area contributed by atoms with Gasteiger partial charge in [-0.2, -0.15) is 0 Å². The summed E-state index contributed by atoms with van der Waals surface area (Å²) in [7, 11) is -0.743. The molecular formula is C12H22NO2P. The van der Waals surface area contributed by atoms with Crippen LogP contribution in [-0.4, -0.2) is 30.0 Å². The lowest BCUT2D eigenvalue weighted by molar-refractivity contribution is 0.135. The van der Waals surface area contributed by atoms with Gasteiger partial charge in [-0.25, -0.2) is 4.67 Å². The first-order valence-corrected chi connectivity index (χ1v) is 7.75. The predicted molar refractivity (Wildman–Crippen MR) is 65.0 cm³/mol. The summed E-state index contributed by atoms with van der Waals surface area (Å²) < 4.78 is 14.4. The summed E-state index contributed by atoms with van der Waals surface area (Å²) in [6, 6.07) is 0.770. The van der Waals surface area contributed by atoms with Gasteiger partial charge in [-0.3, -0.25) is 0 Å². The first kappa shape index (κ1) is 11.4. The van der Waals surface area contributed by atoms with E-state index in [1.54, 1.807) is 0 Å². The van der Waals surface area contributed by atoms with Crippen molar-refractivity contribution >= 4 is 8.53 Å². The third-order valence-electron chi connectivity index (χ3n) is 4.10. The van der Waals surface area contributed by atoms with Crippen molar-refractivity contribution in [1.29, 1.82) is 0 Å². The van der Waals surface area contributed by atoms with Crippen LogP contribution in [0.15, 0.2) is 0 Å². The Balaban J connectivity index is 1.73. The molecule has 16 heavy (non-hydrogen) atoms. The van der Waals surface area contributed by atoms with Crippen molar-refractivity contribution in [2.45, 2.75) is 51.7 Å². The minimum atomic E-state index is -0.743. The van der Waals surface area contributed by atoms with E-state index in [1.165, 1.54) is 32.2 Å². The summed E-state index contributed by atoms with van der Waals surface area (Å²) in [5.74, 6) is 1.69. The molecule has 3 nitrogen and oxygen atoms in total. The van der Waals surface area contributed by atoms with Crippen molar-refractivity contribution < 1.29 is 9.05 Å². The first-order chi connectivity index (χ1) is 7.75. The summed E-state index contributed by atoms with van der Waals surface area (Å²) in [5.41, 5.74) is 0. The second-order valence-corrected chi connectivity index (χ2v) is 7.04. The van der Waals surface area contributed by atoms with Crippen LogP contribution in [0, 0.1) is 11.8 Å². The zero-order valence-electron chi connectivity index (χ0n) is 10.3. The molecule has 0 aromatic heterocycles. The van der Waals surface area contributed by atoms with Gasteiger partial charge in [0.15, 0.2) is 0 Å². The van der Waals surface area contributed by atoms with Crippen LogP contribution in [0.1, 0.15) is 39.5 Å². The van der Waals surface area contributed by atoms with Crippen molar-refractivity contribution in [2.75, 3.05) is 13.2 Å². The van der Waals surface area contributed by atoms with Gasteiger partial charge in [0.1, 0.15) is 0 Å². The van der Waals surface area contributed by atoms with Crippen molar-refractivity contribution in [3.8, 4) is 0 Å². The molecule has 3 rings (SSSR count). The number of fused-ring (bicyclic) bond motifs is 5. The van der Waals surface area contributed by atoms with Gasteiger partial charge in [0.2, 0.25) is 0 Å². The molecule has 2 saturated heterocycles. The predicted octanol–water partition coefficient (Wildman–Crippen LogP) is 3.16. The smallest absolute Gasteiger partial charge is 0.259 e. The monoisotopic (exact) mass is 243 g/mol. The van der Waals surface area contributed by atoms with E-state index in [0.29, 0.717) is 0 Å². The van der Waals surface area contributed by atoms with Crippen LogP contribution < -0.4 is 0 Å². The minimum absolute atomic E-state index is 0.283. The highest BCUT2D eigenvalue weighted by Crippen LogP contribution is 2.58. The molecule has 1 aliphatic carbocycles. The highest BCUT2D eigenvalue weighted by Gasteiger charge is 2.50. The highest BCUT2D eigenvalue weighted by molar-refractivity contribution is 7.44. The lowest BCUT2D eigenvalue weighted by Gasteiger charge is -2.35. The van der Waals surface area contributed by atoms with Crippen molar-refractivity contribution in [3.05, 3.63) is 0 Å². The Hall–Kier alpha value is 0.310. The quantitative estimate of drug-likeness (QED) is 0.695. The first-order valence-electron chi connectivity index (χ1n) is 6.62. The molecule has 3 unspecified atom stereocenters. The van der Waals surface area contributed by atoms with Gasteiger partial charge < -0.3 is 9.05 Å². The van der Waals surface area contributed by atoms with E-state index in [9.17, 15) is 0 Å². The van der Waals surface area contributed by atoms with Gasteiger partial charge in [-0.1, -0.05) is 12.8 Å². The van der Waals surface area contributed by atoms with Crippen LogP contribution in [0.25, 0.3) is 0 Å². The van der Waals surface area contributed by atoms with Gasteiger partial charge in [0.25, 0.3) is 8.53 Å². The molecule has 92 valence electrons. The maximum atomic E-state index is 5.94. The van der Waals surface area contributed by atoms with Gasteiger partial charge in [0.05, 0.1) is 12.7 Å². The summed E-state index contributed by atoms with van der Waals surface area (Å²) in [6.07, 6.45) is 5.89. The van der Waals surface area contributed by atoms with Crippen LogP contribution in [0.4, 0.5) is 0 Å². The second-order valence-electron chi connectivity index (χ2n) is 5.59. The lowest BCUT2D eigenvalue weighted by Crippen LogP contribution is -2.32. The fraction of sp³-hybridized carbons (Fsp3) is 1.00. The summed E-state index contributed by atoms with van der Waals surface area (Å²) in [4.78, 5) is 0. The van der Waals surface area contributed by atoms with E-state index < -0.39 is 8.53 Å². The van der Waals surface area contributed by atoms with E-state index in [-0.39, 0.29) is 6.10 Å². The van der Waals surface area contributed by atoms with Gasteiger partial charge in [-0.05, 0) is 32.6 Å². The summed E-state index contributed by atoms with van der Waals surface area (Å²) >= 11 is 0. The maximum Gasteiger partial charge on any atom is 0.259 e. The molecule has 2 aliphatic heterocycles. The van der Waals surface area contributed by atoms with Crippen LogP contribution >= 0.6 is 8.53 Å². The second kappa shape index (κ2) is 4.53. The molecule has 0 amide bonds. The molecule has 2 heterocycles. The van der Waals surface area contributed by atoms with Crippen molar-refractivity contribution in [1.82, 2.24) is 4.67 Å². The zero-order valence-corrected chi connectivity index (χ0v) is 11.2. The SMILES string of the molecule is CC(C)OP1OC[C@H]2CN1C1CCCC[C@H]12. The number of nitrogens with zero attached hydrogens (tertiary/aromatic N) is 1. The Morgan fingerprint density at radius 2 is 2.12 bits per heavy atom. The molecule has 0 aromatic carbocycles. The average molecular weight is 243 g/mol. The van der Waals surface area contributed by atoms with E-state index in [2.05, 4.69) is 18.5 Å². The third kappa shape index (κ3) is 1.92. The fourth-order valence-electron chi connectivity index (χ4n) is 3.44. The molecule has 1 saturated carbocycles. The lowest BCUT2D eigenvalue weighted by atomic mass is 9.80. The largest absolute Gasteiger partial charge is 0.322 e. The molecule has 0 N–H and O–H groups in total. The minimum Gasteiger partial charge on any atom is -0.322 e. The van der Waals surface area contributed by atoms with E-state index >= 15 is 0 Å². The molecular weight excluding hydrogens is 221 g/mol. The van der Waals surface area contributed by atoms with Crippen LogP contribution in [0.3, 0.4) is 0 Å². The Morgan fingerprint density at radius 3 is 2.94 bits per heavy atom. The Kier molecular flexibility index (Phi) is 3.23. The number of rotatable bonds is 2. The van der Waals surface area contributed by atoms with Crippen molar-refractivity contribution in [3.63, 3.8) is 0 Å². The third-order valence-corrected chi connectivity index (χ3v) is 5.95. The molecule has 4 heteroatoms. The molecule has 5 atom stereocenters. The molecule has 3 fully saturated rings.